The fourth-order valence-corrected chi connectivity index (χ4v) is 1.04. The second-order valence-corrected chi connectivity index (χ2v) is 3.02. The fraction of sp³-hybridized carbons (Fsp3) is 0.444. The minimum Gasteiger partial charge on any atom is -0.359 e. The highest BCUT2D eigenvalue weighted by atomic mass is 16.2. The second kappa shape index (κ2) is 4.55. The third-order valence-corrected chi connectivity index (χ3v) is 1.81. The molecule has 1 atom stereocenters. The Labute approximate surface area is 83.0 Å². The Bertz CT molecular complexity index is 326. The van der Waals surface area contributed by atoms with Crippen molar-refractivity contribution in [3.63, 3.8) is 0 Å². The molecule has 2 N–H and O–H groups in total. The van der Waals surface area contributed by atoms with Gasteiger partial charge < -0.3 is 10.6 Å². The number of hydrogen-bond donors (Lipinski definition) is 2. The zero-order chi connectivity index (χ0) is 10.6. The normalized spacial score (nSPS) is 11.9. The number of carbonyl (C=O) groups excluding carboxylic acids is 1. The third-order valence-electron chi connectivity index (χ3n) is 1.81. The van der Waals surface area contributed by atoms with Gasteiger partial charge in [-0.05, 0) is 13.8 Å². The van der Waals surface area contributed by atoms with Gasteiger partial charge in [-0.15, -0.1) is 0 Å². The molecule has 0 saturated carbocycles. The molecule has 0 bridgehead atoms. The lowest BCUT2D eigenvalue weighted by Gasteiger charge is -2.12. The van der Waals surface area contributed by atoms with Crippen LogP contribution in [0.25, 0.3) is 0 Å². The highest BCUT2D eigenvalue weighted by Crippen LogP contribution is 2.04. The molecule has 14 heavy (non-hydrogen) atoms. The molecule has 5 nitrogen and oxygen atoms in total. The van der Waals surface area contributed by atoms with Gasteiger partial charge in [-0.2, -0.15) is 0 Å². The van der Waals surface area contributed by atoms with Gasteiger partial charge in [0.25, 0.3) is 0 Å². The number of likely N-dealkylation sites (N-methyl/N-ethyl adjacent to an activating group) is 1. The van der Waals surface area contributed by atoms with E-state index in [0.29, 0.717) is 5.82 Å². The van der Waals surface area contributed by atoms with Crippen LogP contribution in [0.15, 0.2) is 12.4 Å². The zero-order valence-electron chi connectivity index (χ0n) is 8.53. The van der Waals surface area contributed by atoms with Crippen LogP contribution >= 0.6 is 0 Å². The molecule has 1 amide bonds. The maximum atomic E-state index is 11.2. The van der Waals surface area contributed by atoms with Crippen molar-refractivity contribution in [2.45, 2.75) is 19.9 Å². The van der Waals surface area contributed by atoms with Gasteiger partial charge in [0.15, 0.2) is 0 Å². The minimum atomic E-state index is -0.297. The van der Waals surface area contributed by atoms with Crippen molar-refractivity contribution in [1.29, 1.82) is 0 Å². The number of nitrogens with zero attached hydrogens (tertiary/aromatic N) is 2. The van der Waals surface area contributed by atoms with E-state index in [1.807, 2.05) is 6.92 Å². The average Bonchev–Trinajstić information content (AvgIpc) is 2.16. The van der Waals surface area contributed by atoms with Crippen molar-refractivity contribution in [3.8, 4) is 0 Å². The summed E-state index contributed by atoms with van der Waals surface area (Å²) in [6, 6.07) is 1.49. The highest BCUT2D eigenvalue weighted by Gasteiger charge is 2.10. The summed E-state index contributed by atoms with van der Waals surface area (Å²) in [4.78, 5) is 19.1. The van der Waals surface area contributed by atoms with E-state index in [1.54, 1.807) is 20.0 Å². The molecular weight excluding hydrogens is 180 g/mol. The molecule has 0 radical (unpaired) electrons. The summed E-state index contributed by atoms with van der Waals surface area (Å²) in [6.45, 7) is 3.65. The van der Waals surface area contributed by atoms with Crippen molar-refractivity contribution in [3.05, 3.63) is 18.1 Å². The zero-order valence-corrected chi connectivity index (χ0v) is 8.53. The van der Waals surface area contributed by atoms with Crippen LogP contribution in [0.2, 0.25) is 0 Å². The maximum absolute atomic E-state index is 11.2. The van der Waals surface area contributed by atoms with Crippen LogP contribution in [0, 0.1) is 6.92 Å². The smallest absolute Gasteiger partial charge is 0.241 e. The van der Waals surface area contributed by atoms with Crippen LogP contribution in [0.5, 0.6) is 0 Å². The minimum absolute atomic E-state index is 0.0683. The third kappa shape index (κ3) is 2.69. The summed E-state index contributed by atoms with van der Waals surface area (Å²) >= 11 is 0. The summed E-state index contributed by atoms with van der Waals surface area (Å²) in [5, 5.41) is 5.52. The van der Waals surface area contributed by atoms with Gasteiger partial charge in [0.1, 0.15) is 18.2 Å². The molecule has 0 aromatic carbocycles. The van der Waals surface area contributed by atoms with E-state index in [1.165, 1.54) is 6.33 Å². The largest absolute Gasteiger partial charge is 0.359 e. The number of aromatic nitrogens is 2. The van der Waals surface area contributed by atoms with Gasteiger partial charge in [0.05, 0.1) is 0 Å². The van der Waals surface area contributed by atoms with E-state index in [0.717, 1.165) is 5.69 Å². The van der Waals surface area contributed by atoms with Crippen LogP contribution in [0.4, 0.5) is 5.82 Å². The van der Waals surface area contributed by atoms with Gasteiger partial charge >= 0.3 is 0 Å². The summed E-state index contributed by atoms with van der Waals surface area (Å²) < 4.78 is 0. The lowest BCUT2D eigenvalue weighted by molar-refractivity contribution is -0.121. The van der Waals surface area contributed by atoms with Crippen molar-refractivity contribution < 1.29 is 4.79 Å². The van der Waals surface area contributed by atoms with Gasteiger partial charge in [-0.3, -0.25) is 4.79 Å². The standard InChI is InChI=1S/C9H14N4O/c1-6-4-8(12-5-11-6)13-7(2)9(14)10-3/h4-5,7H,1-3H3,(H,10,14)(H,11,12,13). The van der Waals surface area contributed by atoms with E-state index in [4.69, 9.17) is 0 Å². The van der Waals surface area contributed by atoms with Gasteiger partial charge in [0.2, 0.25) is 5.91 Å². The Morgan fingerprint density at radius 1 is 1.50 bits per heavy atom. The predicted octanol–water partition coefficient (Wildman–Crippen LogP) is 0.331. The SMILES string of the molecule is CNC(=O)C(C)Nc1cc(C)ncn1. The lowest BCUT2D eigenvalue weighted by Crippen LogP contribution is -2.35. The van der Waals surface area contributed by atoms with Gasteiger partial charge in [-0.1, -0.05) is 0 Å². The fourth-order valence-electron chi connectivity index (χ4n) is 1.04. The molecule has 5 heteroatoms. The van der Waals surface area contributed by atoms with E-state index in [9.17, 15) is 4.79 Å². The van der Waals surface area contributed by atoms with E-state index in [-0.39, 0.29) is 11.9 Å². The maximum Gasteiger partial charge on any atom is 0.241 e. The summed E-state index contributed by atoms with van der Waals surface area (Å²) in [5.74, 6) is 0.592. The van der Waals surface area contributed by atoms with Crippen LogP contribution in [-0.4, -0.2) is 29.0 Å². The number of aryl methyl sites for hydroxylation is 1. The Kier molecular flexibility index (Phi) is 3.39. The molecule has 0 fully saturated rings. The summed E-state index contributed by atoms with van der Waals surface area (Å²) in [6.07, 6.45) is 1.47. The van der Waals surface area contributed by atoms with Gasteiger partial charge in [0, 0.05) is 18.8 Å². The Morgan fingerprint density at radius 3 is 2.79 bits per heavy atom. The van der Waals surface area contributed by atoms with Crippen molar-refractivity contribution in [1.82, 2.24) is 15.3 Å². The molecule has 1 aromatic rings. The molecule has 1 aromatic heterocycles. The monoisotopic (exact) mass is 194 g/mol. The first-order valence-electron chi connectivity index (χ1n) is 4.40. The Morgan fingerprint density at radius 2 is 2.21 bits per heavy atom. The molecular formula is C9H14N4O. The topological polar surface area (TPSA) is 66.9 Å². The first-order valence-corrected chi connectivity index (χ1v) is 4.40. The van der Waals surface area contributed by atoms with Gasteiger partial charge in [-0.25, -0.2) is 9.97 Å². The molecule has 1 unspecified atom stereocenters. The first-order chi connectivity index (χ1) is 6.63. The lowest BCUT2D eigenvalue weighted by atomic mass is 10.3. The van der Waals surface area contributed by atoms with E-state index in [2.05, 4.69) is 20.6 Å². The van der Waals surface area contributed by atoms with E-state index < -0.39 is 0 Å². The van der Waals surface area contributed by atoms with Crippen LogP contribution < -0.4 is 10.6 Å². The molecule has 1 rings (SSSR count). The molecule has 76 valence electrons. The molecule has 0 aliphatic carbocycles. The molecule has 0 aliphatic heterocycles. The van der Waals surface area contributed by atoms with Crippen molar-refractivity contribution in [2.75, 3.05) is 12.4 Å². The van der Waals surface area contributed by atoms with Crippen molar-refractivity contribution in [2.24, 2.45) is 0 Å². The number of nitrogens with one attached hydrogen (secondary N) is 2. The van der Waals surface area contributed by atoms with Crippen molar-refractivity contribution >= 4 is 11.7 Å². The number of rotatable bonds is 3. The quantitative estimate of drug-likeness (QED) is 0.727. The molecule has 0 saturated heterocycles. The van der Waals surface area contributed by atoms with Crippen LogP contribution in [0.3, 0.4) is 0 Å². The predicted molar refractivity (Wildman–Crippen MR) is 53.9 cm³/mol. The molecule has 0 spiro atoms. The second-order valence-electron chi connectivity index (χ2n) is 3.02. The van der Waals surface area contributed by atoms with Crippen LogP contribution in [0.1, 0.15) is 12.6 Å². The number of anilines is 1. The first kappa shape index (κ1) is 10.4. The summed E-state index contributed by atoms with van der Waals surface area (Å²) in [5.41, 5.74) is 0.867. The van der Waals surface area contributed by atoms with E-state index >= 15 is 0 Å². The number of hydrogen-bond acceptors (Lipinski definition) is 4. The molecule has 0 aliphatic rings. The Balaban J connectivity index is 2.64. The number of carbonyl (C=O) groups is 1. The number of amides is 1. The summed E-state index contributed by atoms with van der Waals surface area (Å²) in [7, 11) is 1.60. The Hall–Kier alpha value is -1.65. The van der Waals surface area contributed by atoms with Crippen LogP contribution in [-0.2, 0) is 4.79 Å². The molecule has 1 heterocycles. The highest BCUT2D eigenvalue weighted by molar-refractivity contribution is 5.83. The average molecular weight is 194 g/mol.